The number of benzene rings is 1. The van der Waals surface area contributed by atoms with Gasteiger partial charge in [-0.1, -0.05) is 36.0 Å². The lowest BCUT2D eigenvalue weighted by molar-refractivity contribution is -0.123. The molecule has 1 unspecified atom stereocenters. The summed E-state index contributed by atoms with van der Waals surface area (Å²) in [7, 11) is 0. The highest BCUT2D eigenvalue weighted by atomic mass is 35.5. The maximum atomic E-state index is 13.3. The van der Waals surface area contributed by atoms with E-state index >= 15 is 0 Å². The van der Waals surface area contributed by atoms with Gasteiger partial charge in [0, 0.05) is 31.1 Å². The summed E-state index contributed by atoms with van der Waals surface area (Å²) >= 11 is 5.58. The average Bonchev–Trinajstić information content (AvgIpc) is 3.29. The Morgan fingerprint density at radius 3 is 2.78 bits per heavy atom. The molecule has 2 aromatic rings. The fourth-order valence-electron chi connectivity index (χ4n) is 3.53. The average molecular weight is 468 g/mol. The monoisotopic (exact) mass is 467 g/mol. The molecule has 1 heterocycles. The van der Waals surface area contributed by atoms with Crippen molar-refractivity contribution in [3.05, 3.63) is 46.6 Å². The highest BCUT2D eigenvalue weighted by molar-refractivity contribution is 6.30. The minimum absolute atomic E-state index is 0.0127. The Hall–Kier alpha value is -2.65. The van der Waals surface area contributed by atoms with Gasteiger partial charge in [0.2, 0.25) is 5.76 Å². The van der Waals surface area contributed by atoms with Crippen molar-refractivity contribution >= 4 is 23.4 Å². The molecular formula is C22H27ClFN3O5. The number of aliphatic hydroxyl groups excluding tert-OH is 1. The van der Waals surface area contributed by atoms with Gasteiger partial charge in [-0.3, -0.25) is 9.59 Å². The van der Waals surface area contributed by atoms with Gasteiger partial charge < -0.3 is 25.0 Å². The highest BCUT2D eigenvalue weighted by Crippen LogP contribution is 2.32. The summed E-state index contributed by atoms with van der Waals surface area (Å²) < 4.78 is 23.7. The Bertz CT molecular complexity index is 917. The summed E-state index contributed by atoms with van der Waals surface area (Å²) in [5.41, 5.74) is 0.821. The molecule has 1 fully saturated rings. The number of ether oxygens (including phenoxy) is 1. The van der Waals surface area contributed by atoms with Crippen molar-refractivity contribution in [3.63, 3.8) is 0 Å². The summed E-state index contributed by atoms with van der Waals surface area (Å²) in [5, 5.41) is 19.2. The summed E-state index contributed by atoms with van der Waals surface area (Å²) in [6.45, 7) is -0.142. The van der Waals surface area contributed by atoms with E-state index in [4.69, 9.17) is 20.9 Å². The normalized spacial score (nSPS) is 15.2. The lowest BCUT2D eigenvalue weighted by atomic mass is 9.87. The van der Waals surface area contributed by atoms with Gasteiger partial charge in [-0.15, -0.1) is 0 Å². The van der Waals surface area contributed by atoms with Gasteiger partial charge in [0.25, 0.3) is 11.8 Å². The van der Waals surface area contributed by atoms with Crippen molar-refractivity contribution in [1.82, 2.24) is 15.8 Å². The summed E-state index contributed by atoms with van der Waals surface area (Å²) in [5.74, 6) is -0.826. The van der Waals surface area contributed by atoms with Crippen molar-refractivity contribution in [2.45, 2.75) is 50.5 Å². The van der Waals surface area contributed by atoms with Crippen LogP contribution in [0.3, 0.4) is 0 Å². The van der Waals surface area contributed by atoms with Crippen molar-refractivity contribution in [2.75, 3.05) is 19.7 Å². The molecule has 0 saturated heterocycles. The van der Waals surface area contributed by atoms with Crippen LogP contribution in [-0.2, 0) is 4.79 Å². The van der Waals surface area contributed by atoms with Crippen molar-refractivity contribution in [1.29, 1.82) is 0 Å². The lowest BCUT2D eigenvalue weighted by Gasteiger charge is -2.18. The third-order valence-electron chi connectivity index (χ3n) is 5.33. The molecule has 0 bridgehead atoms. The quantitative estimate of drug-likeness (QED) is 0.494. The Kier molecular flexibility index (Phi) is 8.87. The van der Waals surface area contributed by atoms with E-state index in [-0.39, 0.29) is 48.6 Å². The minimum Gasteiger partial charge on any atom is -0.484 e. The fourth-order valence-corrected chi connectivity index (χ4v) is 3.64. The first kappa shape index (κ1) is 24.0. The minimum atomic E-state index is -0.861. The van der Waals surface area contributed by atoms with Gasteiger partial charge in [-0.2, -0.15) is 0 Å². The number of carbonyl (C=O) groups is 2. The third-order valence-corrected chi connectivity index (χ3v) is 5.64. The fraction of sp³-hybridized carbons (Fsp3) is 0.500. The van der Waals surface area contributed by atoms with Crippen LogP contribution in [0.25, 0.3) is 0 Å². The second-order valence-corrected chi connectivity index (χ2v) is 8.23. The Balaban J connectivity index is 1.31. The van der Waals surface area contributed by atoms with Crippen LogP contribution in [0.5, 0.6) is 5.75 Å². The van der Waals surface area contributed by atoms with Crippen molar-refractivity contribution in [2.24, 2.45) is 0 Å². The van der Waals surface area contributed by atoms with E-state index in [0.717, 1.165) is 24.6 Å². The first-order valence-corrected chi connectivity index (χ1v) is 11.1. The van der Waals surface area contributed by atoms with Gasteiger partial charge in [-0.05, 0) is 31.4 Å². The number of carbonyl (C=O) groups excluding carboxylic acids is 2. The molecule has 1 atom stereocenters. The molecule has 8 nitrogen and oxygen atoms in total. The number of hydrogen-bond acceptors (Lipinski definition) is 6. The van der Waals surface area contributed by atoms with Crippen LogP contribution in [-0.4, -0.2) is 47.9 Å². The Labute approximate surface area is 190 Å². The van der Waals surface area contributed by atoms with E-state index in [0.29, 0.717) is 5.92 Å². The zero-order valence-corrected chi connectivity index (χ0v) is 18.4. The zero-order valence-electron chi connectivity index (χ0n) is 17.6. The van der Waals surface area contributed by atoms with Crippen LogP contribution < -0.4 is 15.4 Å². The number of nitrogens with one attached hydrogen (secondary N) is 2. The molecule has 0 spiro atoms. The highest BCUT2D eigenvalue weighted by Gasteiger charge is 2.21. The first-order valence-electron chi connectivity index (χ1n) is 10.7. The summed E-state index contributed by atoms with van der Waals surface area (Å²) in [6, 6.07) is 5.55. The van der Waals surface area contributed by atoms with Gasteiger partial charge in [-0.25, -0.2) is 4.39 Å². The lowest BCUT2D eigenvalue weighted by Crippen LogP contribution is -2.37. The standard InChI is InChI=1S/C22H27ClFN3O5/c23-17-7-6-16(10-18(17)24)31-13-21(29)26-12-15(28)8-9-25-22(30)20-11-19(27-32-20)14-4-2-1-3-5-14/h6-7,10-11,14-15,28H,1-5,8-9,12-13H2,(H,25,30)(H,26,29). The smallest absolute Gasteiger partial charge is 0.289 e. The van der Waals surface area contributed by atoms with Gasteiger partial charge in [0.1, 0.15) is 11.6 Å². The van der Waals surface area contributed by atoms with Crippen molar-refractivity contribution in [3.8, 4) is 5.75 Å². The topological polar surface area (TPSA) is 114 Å². The van der Waals surface area contributed by atoms with Crippen LogP contribution in [0.2, 0.25) is 5.02 Å². The molecule has 1 aliphatic rings. The molecule has 2 amide bonds. The zero-order chi connectivity index (χ0) is 22.9. The number of aliphatic hydroxyl groups is 1. The molecule has 0 aliphatic heterocycles. The molecule has 1 aromatic carbocycles. The molecule has 32 heavy (non-hydrogen) atoms. The van der Waals surface area contributed by atoms with E-state index in [1.54, 1.807) is 6.07 Å². The second kappa shape index (κ2) is 11.8. The molecule has 1 aliphatic carbocycles. The van der Waals surface area contributed by atoms with E-state index < -0.39 is 17.8 Å². The number of rotatable bonds is 10. The van der Waals surface area contributed by atoms with Gasteiger partial charge in [0.05, 0.1) is 16.8 Å². The molecular weight excluding hydrogens is 441 g/mol. The molecule has 1 aromatic heterocycles. The van der Waals surface area contributed by atoms with Crippen LogP contribution in [0.15, 0.2) is 28.8 Å². The number of amides is 2. The van der Waals surface area contributed by atoms with Crippen LogP contribution in [0.4, 0.5) is 4.39 Å². The Morgan fingerprint density at radius 2 is 2.03 bits per heavy atom. The summed E-state index contributed by atoms with van der Waals surface area (Å²) in [6.07, 6.45) is 5.07. The molecule has 10 heteroatoms. The number of hydrogen-bond donors (Lipinski definition) is 3. The first-order chi connectivity index (χ1) is 15.4. The number of halogens is 2. The summed E-state index contributed by atoms with van der Waals surface area (Å²) in [4.78, 5) is 24.0. The van der Waals surface area contributed by atoms with E-state index in [9.17, 15) is 19.1 Å². The van der Waals surface area contributed by atoms with Crippen LogP contribution in [0, 0.1) is 5.82 Å². The molecule has 0 radical (unpaired) electrons. The largest absolute Gasteiger partial charge is 0.484 e. The van der Waals surface area contributed by atoms with Gasteiger partial charge >= 0.3 is 0 Å². The Morgan fingerprint density at radius 1 is 1.25 bits per heavy atom. The van der Waals surface area contributed by atoms with Crippen LogP contribution in [0.1, 0.15) is 60.7 Å². The second-order valence-electron chi connectivity index (χ2n) is 7.82. The molecule has 3 N–H and O–H groups in total. The molecule has 174 valence electrons. The van der Waals surface area contributed by atoms with Crippen LogP contribution >= 0.6 is 11.6 Å². The molecule has 1 saturated carbocycles. The maximum absolute atomic E-state index is 13.3. The van der Waals surface area contributed by atoms with Crippen molar-refractivity contribution < 1.29 is 28.3 Å². The van der Waals surface area contributed by atoms with E-state index in [1.807, 2.05) is 0 Å². The maximum Gasteiger partial charge on any atom is 0.289 e. The molecule has 3 rings (SSSR count). The van der Waals surface area contributed by atoms with E-state index in [2.05, 4.69) is 15.8 Å². The number of nitrogens with zero attached hydrogens (tertiary/aromatic N) is 1. The predicted octanol–water partition coefficient (Wildman–Crippen LogP) is 3.19. The SMILES string of the molecule is O=C(COc1ccc(Cl)c(F)c1)NCC(O)CCNC(=O)c1cc(C2CCCCC2)no1. The third kappa shape index (κ3) is 7.20. The predicted molar refractivity (Wildman–Crippen MR) is 115 cm³/mol. The van der Waals surface area contributed by atoms with Gasteiger partial charge in [0.15, 0.2) is 6.61 Å². The van der Waals surface area contributed by atoms with E-state index in [1.165, 1.54) is 31.4 Å². The number of aromatic nitrogens is 1.